The zero-order chi connectivity index (χ0) is 12.8. The van der Waals surface area contributed by atoms with E-state index in [1.165, 1.54) is 19.3 Å². The molecule has 0 aromatic heterocycles. The van der Waals surface area contributed by atoms with E-state index in [1.807, 2.05) is 0 Å². The van der Waals surface area contributed by atoms with E-state index < -0.39 is 0 Å². The molecule has 0 spiro atoms. The Labute approximate surface area is 102 Å². The summed E-state index contributed by atoms with van der Waals surface area (Å²) < 4.78 is 0. The lowest BCUT2D eigenvalue weighted by Gasteiger charge is -2.26. The molecule has 0 saturated heterocycles. The predicted molar refractivity (Wildman–Crippen MR) is 71.5 cm³/mol. The number of rotatable bonds is 7. The Balaban J connectivity index is 4.28. The Hall–Kier alpha value is -0.330. The molecule has 0 aromatic carbocycles. The van der Waals surface area contributed by atoms with E-state index in [9.17, 15) is 4.79 Å². The SMILES string of the molecule is CCCC(CC(=O)C(C)CC)CC(C)(C)C. The van der Waals surface area contributed by atoms with Gasteiger partial charge < -0.3 is 0 Å². The van der Waals surface area contributed by atoms with Crippen LogP contribution in [0.2, 0.25) is 0 Å². The minimum Gasteiger partial charge on any atom is -0.299 e. The molecule has 0 rings (SSSR count). The van der Waals surface area contributed by atoms with Crippen molar-refractivity contribution in [2.75, 3.05) is 0 Å². The Morgan fingerprint density at radius 1 is 1.19 bits per heavy atom. The summed E-state index contributed by atoms with van der Waals surface area (Å²) in [6.07, 6.45) is 5.32. The fourth-order valence-electron chi connectivity index (χ4n) is 2.26. The van der Waals surface area contributed by atoms with Crippen molar-refractivity contribution < 1.29 is 4.79 Å². The van der Waals surface area contributed by atoms with Gasteiger partial charge in [-0.25, -0.2) is 0 Å². The van der Waals surface area contributed by atoms with Gasteiger partial charge in [0.1, 0.15) is 5.78 Å². The molecule has 0 amide bonds. The molecule has 0 N–H and O–H groups in total. The minimum atomic E-state index is 0.249. The van der Waals surface area contributed by atoms with Gasteiger partial charge in [-0.15, -0.1) is 0 Å². The Morgan fingerprint density at radius 3 is 2.12 bits per heavy atom. The van der Waals surface area contributed by atoms with Gasteiger partial charge in [-0.2, -0.15) is 0 Å². The molecule has 1 heteroatoms. The molecule has 0 aliphatic rings. The summed E-state index contributed by atoms with van der Waals surface area (Å²) in [4.78, 5) is 11.9. The summed E-state index contributed by atoms with van der Waals surface area (Å²) in [5.41, 5.74) is 0.343. The number of hydrogen-bond acceptors (Lipinski definition) is 1. The molecule has 2 unspecified atom stereocenters. The number of Topliss-reactive ketones (excluding diaryl/α,β-unsaturated/α-hetero) is 1. The second kappa shape index (κ2) is 7.09. The van der Waals surface area contributed by atoms with Crippen LogP contribution in [0.4, 0.5) is 0 Å². The third kappa shape index (κ3) is 7.03. The summed E-state index contributed by atoms with van der Waals surface area (Å²) in [6.45, 7) is 13.2. The van der Waals surface area contributed by atoms with Crippen LogP contribution < -0.4 is 0 Å². The highest BCUT2D eigenvalue weighted by atomic mass is 16.1. The van der Waals surface area contributed by atoms with Crippen LogP contribution in [0.3, 0.4) is 0 Å². The summed E-state index contributed by atoms with van der Waals surface area (Å²) >= 11 is 0. The summed E-state index contributed by atoms with van der Waals surface area (Å²) in [5, 5.41) is 0. The Kier molecular flexibility index (Phi) is 6.94. The zero-order valence-corrected chi connectivity index (χ0v) is 12.1. The first-order valence-corrected chi connectivity index (χ1v) is 6.82. The molecule has 0 heterocycles. The molecule has 96 valence electrons. The standard InChI is InChI=1S/C15H30O/c1-7-9-13(11-15(4,5)6)10-14(16)12(3)8-2/h12-13H,7-11H2,1-6H3. The quantitative estimate of drug-likeness (QED) is 0.607. The molecule has 1 nitrogen and oxygen atoms in total. The average Bonchev–Trinajstić information content (AvgIpc) is 2.14. The van der Waals surface area contributed by atoms with Gasteiger partial charge in [0, 0.05) is 12.3 Å². The first kappa shape index (κ1) is 15.7. The van der Waals surface area contributed by atoms with Crippen molar-refractivity contribution >= 4 is 5.78 Å². The van der Waals surface area contributed by atoms with E-state index in [2.05, 4.69) is 41.5 Å². The van der Waals surface area contributed by atoms with Crippen molar-refractivity contribution in [1.29, 1.82) is 0 Å². The molecule has 0 fully saturated rings. The lowest BCUT2D eigenvalue weighted by Crippen LogP contribution is -2.19. The molecule has 0 radical (unpaired) electrons. The first-order chi connectivity index (χ1) is 7.30. The van der Waals surface area contributed by atoms with E-state index >= 15 is 0 Å². The fourth-order valence-corrected chi connectivity index (χ4v) is 2.26. The molecular weight excluding hydrogens is 196 g/mol. The van der Waals surface area contributed by atoms with E-state index in [4.69, 9.17) is 0 Å². The minimum absolute atomic E-state index is 0.249. The maximum atomic E-state index is 11.9. The zero-order valence-electron chi connectivity index (χ0n) is 12.1. The molecule has 0 aliphatic heterocycles. The molecule has 0 aliphatic carbocycles. The number of hydrogen-bond donors (Lipinski definition) is 0. The number of carbonyl (C=O) groups is 1. The smallest absolute Gasteiger partial charge is 0.135 e. The number of ketones is 1. The highest BCUT2D eigenvalue weighted by Gasteiger charge is 2.22. The lowest BCUT2D eigenvalue weighted by atomic mass is 9.79. The summed E-state index contributed by atoms with van der Waals surface area (Å²) in [5.74, 6) is 1.30. The Morgan fingerprint density at radius 2 is 1.75 bits per heavy atom. The molecule has 0 bridgehead atoms. The maximum Gasteiger partial charge on any atom is 0.135 e. The summed E-state index contributed by atoms with van der Waals surface area (Å²) in [6, 6.07) is 0. The van der Waals surface area contributed by atoms with Crippen molar-refractivity contribution in [3.8, 4) is 0 Å². The van der Waals surface area contributed by atoms with Gasteiger partial charge in [0.25, 0.3) is 0 Å². The number of carbonyl (C=O) groups excluding carboxylic acids is 1. The second-order valence-electron chi connectivity index (χ2n) is 6.40. The van der Waals surface area contributed by atoms with Crippen LogP contribution in [0.5, 0.6) is 0 Å². The van der Waals surface area contributed by atoms with Crippen LogP contribution >= 0.6 is 0 Å². The lowest BCUT2D eigenvalue weighted by molar-refractivity contribution is -0.123. The van der Waals surface area contributed by atoms with Crippen LogP contribution in [0, 0.1) is 17.3 Å². The second-order valence-corrected chi connectivity index (χ2v) is 6.40. The van der Waals surface area contributed by atoms with Crippen molar-refractivity contribution in [3.05, 3.63) is 0 Å². The van der Waals surface area contributed by atoms with Crippen molar-refractivity contribution in [2.45, 2.75) is 73.6 Å². The van der Waals surface area contributed by atoms with Crippen LogP contribution in [-0.4, -0.2) is 5.78 Å². The van der Waals surface area contributed by atoms with E-state index in [0.29, 0.717) is 17.1 Å². The van der Waals surface area contributed by atoms with Gasteiger partial charge in [0.2, 0.25) is 0 Å². The molecule has 0 aromatic rings. The van der Waals surface area contributed by atoms with E-state index in [1.54, 1.807) is 0 Å². The fraction of sp³-hybridized carbons (Fsp3) is 0.933. The molecule has 0 saturated carbocycles. The molecular formula is C15H30O. The van der Waals surface area contributed by atoms with Gasteiger partial charge >= 0.3 is 0 Å². The average molecular weight is 226 g/mol. The largest absolute Gasteiger partial charge is 0.299 e. The van der Waals surface area contributed by atoms with Crippen LogP contribution in [0.25, 0.3) is 0 Å². The molecule has 2 atom stereocenters. The highest BCUT2D eigenvalue weighted by Crippen LogP contribution is 2.30. The third-order valence-corrected chi connectivity index (χ3v) is 3.25. The predicted octanol–water partition coefficient (Wildman–Crippen LogP) is 4.84. The van der Waals surface area contributed by atoms with Gasteiger partial charge in [0.05, 0.1) is 0 Å². The maximum absolute atomic E-state index is 11.9. The third-order valence-electron chi connectivity index (χ3n) is 3.25. The van der Waals surface area contributed by atoms with Crippen molar-refractivity contribution in [3.63, 3.8) is 0 Å². The topological polar surface area (TPSA) is 17.1 Å². The van der Waals surface area contributed by atoms with E-state index in [-0.39, 0.29) is 5.92 Å². The molecule has 16 heavy (non-hydrogen) atoms. The van der Waals surface area contributed by atoms with Crippen LogP contribution in [0.1, 0.15) is 73.6 Å². The van der Waals surface area contributed by atoms with Crippen LogP contribution in [-0.2, 0) is 4.79 Å². The van der Waals surface area contributed by atoms with Gasteiger partial charge in [0.15, 0.2) is 0 Å². The normalized spacial score (nSPS) is 15.9. The Bertz CT molecular complexity index is 200. The monoisotopic (exact) mass is 226 g/mol. The van der Waals surface area contributed by atoms with Gasteiger partial charge in [-0.05, 0) is 24.2 Å². The van der Waals surface area contributed by atoms with Crippen LogP contribution in [0.15, 0.2) is 0 Å². The summed E-state index contributed by atoms with van der Waals surface area (Å²) in [7, 11) is 0. The highest BCUT2D eigenvalue weighted by molar-refractivity contribution is 5.80. The van der Waals surface area contributed by atoms with Crippen molar-refractivity contribution in [1.82, 2.24) is 0 Å². The van der Waals surface area contributed by atoms with Gasteiger partial charge in [-0.3, -0.25) is 4.79 Å². The van der Waals surface area contributed by atoms with E-state index in [0.717, 1.165) is 12.8 Å². The van der Waals surface area contributed by atoms with Gasteiger partial charge in [-0.1, -0.05) is 54.4 Å². The van der Waals surface area contributed by atoms with Crippen molar-refractivity contribution in [2.24, 2.45) is 17.3 Å². The first-order valence-electron chi connectivity index (χ1n) is 6.82.